The lowest BCUT2D eigenvalue weighted by molar-refractivity contribution is -0.148. The molecule has 1 saturated carbocycles. The molecule has 2 amide bonds. The predicted octanol–water partition coefficient (Wildman–Crippen LogP) is 2.82. The molecule has 284 valence electrons. The highest BCUT2D eigenvalue weighted by atomic mass is 32.2. The van der Waals surface area contributed by atoms with Crippen molar-refractivity contribution in [2.24, 2.45) is 13.0 Å². The number of sulfonamides is 1. The van der Waals surface area contributed by atoms with E-state index in [1.54, 1.807) is 0 Å². The number of aryl methyl sites for hydroxylation is 1. The monoisotopic (exact) mass is 765 g/mol. The number of hydrogen-bond donors (Lipinski definition) is 3. The van der Waals surface area contributed by atoms with Crippen molar-refractivity contribution in [2.75, 3.05) is 24.5 Å². The smallest absolute Gasteiger partial charge is 0.335 e. The Bertz CT molecular complexity index is 2260. The molecule has 0 radical (unpaired) electrons. The number of hydrogen-bond acceptors (Lipinski definition) is 9. The highest BCUT2D eigenvalue weighted by Gasteiger charge is 2.29. The maximum absolute atomic E-state index is 15.4. The van der Waals surface area contributed by atoms with Crippen LogP contribution in [0.25, 0.3) is 5.69 Å². The van der Waals surface area contributed by atoms with Crippen molar-refractivity contribution in [1.29, 1.82) is 0 Å². The second-order valence-electron chi connectivity index (χ2n) is 13.2. The van der Waals surface area contributed by atoms with E-state index >= 15 is 8.78 Å². The van der Waals surface area contributed by atoms with Crippen LogP contribution in [-0.2, 0) is 37.8 Å². The Morgan fingerprint density at radius 1 is 0.907 bits per heavy atom. The van der Waals surface area contributed by atoms with Crippen LogP contribution in [-0.4, -0.2) is 67.2 Å². The van der Waals surface area contributed by atoms with Crippen LogP contribution in [0.3, 0.4) is 0 Å². The fourth-order valence-corrected chi connectivity index (χ4v) is 6.84. The molecule has 14 nitrogen and oxygen atoms in total. The van der Waals surface area contributed by atoms with E-state index in [4.69, 9.17) is 9.47 Å². The van der Waals surface area contributed by atoms with Crippen molar-refractivity contribution in [2.45, 2.75) is 49.1 Å². The molecule has 1 saturated heterocycles. The number of ether oxygens (including phenoxy) is 2. The first-order valence-corrected chi connectivity index (χ1v) is 18.6. The standard InChI is InChI=1S/C37H37F2N5O9S/c1-43-15-12-32(45)44(37(43)49)27-8-2-22(3-9-27)18-31(36(48)53-21-23-13-16-52-17-14-23)41-35(47)33-29(38)19-26(20-30(33)39)42-54(50,51)28-10-4-24(5-11-28)34(46)40-25-6-7-25/h2-5,8-12,15,19-20,23,25,31,42H,6-7,13-14,16-18,21H2,1H3,(H,40,46)(H,41,47)/t31-/m0/s1. The first-order chi connectivity index (χ1) is 25.8. The number of anilines is 1. The number of halogens is 2. The fraction of sp³-hybridized carbons (Fsp3) is 0.324. The van der Waals surface area contributed by atoms with Gasteiger partial charge in [-0.2, -0.15) is 0 Å². The summed E-state index contributed by atoms with van der Waals surface area (Å²) in [6.45, 7) is 1.03. The van der Waals surface area contributed by atoms with Crippen LogP contribution in [0.15, 0.2) is 87.4 Å². The van der Waals surface area contributed by atoms with E-state index in [0.29, 0.717) is 43.8 Å². The highest BCUT2D eigenvalue weighted by molar-refractivity contribution is 7.92. The second kappa shape index (κ2) is 16.1. The Kier molecular flexibility index (Phi) is 11.4. The summed E-state index contributed by atoms with van der Waals surface area (Å²) < 4.78 is 71.9. The zero-order valence-electron chi connectivity index (χ0n) is 29.0. The van der Waals surface area contributed by atoms with Crippen LogP contribution >= 0.6 is 0 Å². The van der Waals surface area contributed by atoms with E-state index in [1.165, 1.54) is 72.4 Å². The number of nitrogens with one attached hydrogen (secondary N) is 3. The Labute approximate surface area is 308 Å². The molecule has 54 heavy (non-hydrogen) atoms. The minimum absolute atomic E-state index is 0.0149. The van der Waals surface area contributed by atoms with E-state index in [0.717, 1.165) is 17.4 Å². The summed E-state index contributed by atoms with van der Waals surface area (Å²) in [7, 11) is -2.88. The van der Waals surface area contributed by atoms with Crippen LogP contribution in [0.5, 0.6) is 0 Å². The van der Waals surface area contributed by atoms with Gasteiger partial charge in [-0.25, -0.2) is 31.4 Å². The normalized spacial score (nSPS) is 15.2. The lowest BCUT2D eigenvalue weighted by Gasteiger charge is -2.24. The van der Waals surface area contributed by atoms with Gasteiger partial charge in [0, 0.05) is 50.6 Å². The summed E-state index contributed by atoms with van der Waals surface area (Å²) in [6.07, 6.45) is 4.20. The van der Waals surface area contributed by atoms with Gasteiger partial charge in [0.1, 0.15) is 23.2 Å². The zero-order valence-corrected chi connectivity index (χ0v) is 29.9. The Morgan fingerprint density at radius 3 is 2.19 bits per heavy atom. The molecule has 2 aliphatic rings. The Morgan fingerprint density at radius 2 is 1.56 bits per heavy atom. The fourth-order valence-electron chi connectivity index (χ4n) is 5.80. The molecular formula is C37H37F2N5O9S. The lowest BCUT2D eigenvalue weighted by Crippen LogP contribution is -2.44. The SMILES string of the molecule is Cn1ccc(=O)n(-c2ccc(C[C@H](NC(=O)c3c(F)cc(NS(=O)(=O)c4ccc(C(=O)NC5CC5)cc4)cc3F)C(=O)OCC3CCOCC3)cc2)c1=O. The molecule has 3 aromatic carbocycles. The molecule has 0 bridgehead atoms. The first kappa shape index (κ1) is 38.1. The molecule has 1 atom stereocenters. The van der Waals surface area contributed by atoms with Crippen LogP contribution < -0.4 is 26.6 Å². The Balaban J connectivity index is 1.18. The average Bonchev–Trinajstić information content (AvgIpc) is 3.97. The Hall–Kier alpha value is -5.68. The van der Waals surface area contributed by atoms with Gasteiger partial charge in [0.25, 0.3) is 27.4 Å². The first-order valence-electron chi connectivity index (χ1n) is 17.1. The summed E-state index contributed by atoms with van der Waals surface area (Å²) in [4.78, 5) is 63.7. The molecule has 2 fully saturated rings. The average molecular weight is 766 g/mol. The number of aromatic nitrogens is 2. The molecule has 17 heteroatoms. The van der Waals surface area contributed by atoms with Crippen LogP contribution in [0.1, 0.15) is 52.0 Å². The van der Waals surface area contributed by atoms with E-state index in [1.807, 2.05) is 0 Å². The summed E-state index contributed by atoms with van der Waals surface area (Å²) in [5.74, 6) is -5.33. The van der Waals surface area contributed by atoms with Crippen molar-refractivity contribution in [1.82, 2.24) is 19.8 Å². The van der Waals surface area contributed by atoms with E-state index in [2.05, 4.69) is 15.4 Å². The van der Waals surface area contributed by atoms with Crippen molar-refractivity contribution in [3.05, 3.63) is 122 Å². The van der Waals surface area contributed by atoms with Crippen LogP contribution in [0, 0.1) is 17.6 Å². The number of amides is 2. The summed E-state index contributed by atoms with van der Waals surface area (Å²) >= 11 is 0. The summed E-state index contributed by atoms with van der Waals surface area (Å²) in [6, 6.07) is 12.1. The molecule has 1 aliphatic carbocycles. The third-order valence-corrected chi connectivity index (χ3v) is 10.4. The van der Waals surface area contributed by atoms with Gasteiger partial charge < -0.3 is 24.7 Å². The van der Waals surface area contributed by atoms with Gasteiger partial charge in [-0.15, -0.1) is 0 Å². The molecule has 3 N–H and O–H groups in total. The highest BCUT2D eigenvalue weighted by Crippen LogP contribution is 2.24. The predicted molar refractivity (Wildman–Crippen MR) is 191 cm³/mol. The third kappa shape index (κ3) is 9.09. The molecule has 6 rings (SSSR count). The van der Waals surface area contributed by atoms with Gasteiger partial charge in [0.15, 0.2) is 0 Å². The number of carbonyl (C=O) groups excluding carboxylic acids is 3. The van der Waals surface area contributed by atoms with Gasteiger partial charge in [0.05, 0.1) is 22.9 Å². The number of esters is 1. The van der Waals surface area contributed by atoms with Crippen LogP contribution in [0.4, 0.5) is 14.5 Å². The largest absolute Gasteiger partial charge is 0.464 e. The summed E-state index contributed by atoms with van der Waals surface area (Å²) in [5, 5.41) is 5.14. The van der Waals surface area contributed by atoms with Crippen molar-refractivity contribution < 1.29 is 41.1 Å². The third-order valence-electron chi connectivity index (χ3n) is 9.04. The minimum atomic E-state index is -4.36. The molecule has 1 aromatic heterocycles. The van der Waals surface area contributed by atoms with E-state index < -0.39 is 62.1 Å². The van der Waals surface area contributed by atoms with Gasteiger partial charge in [-0.05, 0) is 85.7 Å². The molecule has 4 aromatic rings. The van der Waals surface area contributed by atoms with E-state index in [-0.39, 0.29) is 47.0 Å². The van der Waals surface area contributed by atoms with Gasteiger partial charge >= 0.3 is 11.7 Å². The number of carbonyl (C=O) groups is 3. The molecule has 1 aliphatic heterocycles. The van der Waals surface area contributed by atoms with Gasteiger partial charge in [-0.1, -0.05) is 12.1 Å². The molecule has 0 unspecified atom stereocenters. The number of nitrogens with zero attached hydrogens (tertiary/aromatic N) is 2. The maximum Gasteiger partial charge on any atom is 0.335 e. The van der Waals surface area contributed by atoms with Crippen LogP contribution in [0.2, 0.25) is 0 Å². The van der Waals surface area contributed by atoms with Crippen molar-refractivity contribution in [3.63, 3.8) is 0 Å². The zero-order chi connectivity index (χ0) is 38.6. The summed E-state index contributed by atoms with van der Waals surface area (Å²) in [5.41, 5.74) is -1.77. The second-order valence-corrected chi connectivity index (χ2v) is 14.8. The maximum atomic E-state index is 15.4. The van der Waals surface area contributed by atoms with Gasteiger partial charge in [0.2, 0.25) is 0 Å². The topological polar surface area (TPSA) is 184 Å². The molecular weight excluding hydrogens is 728 g/mol. The number of rotatable bonds is 13. The quantitative estimate of drug-likeness (QED) is 0.172. The van der Waals surface area contributed by atoms with Crippen molar-refractivity contribution >= 4 is 33.5 Å². The lowest BCUT2D eigenvalue weighted by atomic mass is 10.0. The van der Waals surface area contributed by atoms with E-state index in [9.17, 15) is 32.4 Å². The molecule has 2 heterocycles. The molecule has 0 spiro atoms. The van der Waals surface area contributed by atoms with Gasteiger partial charge in [-0.3, -0.25) is 19.1 Å². The van der Waals surface area contributed by atoms with Crippen molar-refractivity contribution in [3.8, 4) is 5.69 Å². The number of benzene rings is 3. The minimum Gasteiger partial charge on any atom is -0.464 e.